The van der Waals surface area contributed by atoms with Gasteiger partial charge in [-0.05, 0) is 49.8 Å². The van der Waals surface area contributed by atoms with E-state index in [1.807, 2.05) is 32.0 Å². The van der Waals surface area contributed by atoms with E-state index in [2.05, 4.69) is 5.32 Å². The van der Waals surface area contributed by atoms with Crippen LogP contribution in [0.5, 0.6) is 0 Å². The topological polar surface area (TPSA) is 12.0 Å². The Kier molecular flexibility index (Phi) is 4.74. The standard InChI is InChI=1S/C16H22F3N/c1-11-5-3-6-12(2)15(11)10-20-14-8-4-7-13(9-14)16(17,18)19/h3,5-6,13-14,20H,4,7-10H2,1-2H3. The van der Waals surface area contributed by atoms with E-state index in [1.165, 1.54) is 16.7 Å². The second-order valence-electron chi connectivity index (χ2n) is 5.85. The van der Waals surface area contributed by atoms with E-state index in [0.29, 0.717) is 13.0 Å². The molecule has 0 bridgehead atoms. The zero-order chi connectivity index (χ0) is 14.8. The molecule has 2 atom stereocenters. The van der Waals surface area contributed by atoms with E-state index < -0.39 is 12.1 Å². The molecule has 1 nitrogen and oxygen atoms in total. The maximum Gasteiger partial charge on any atom is 0.391 e. The molecular weight excluding hydrogens is 263 g/mol. The first-order valence-corrected chi connectivity index (χ1v) is 7.23. The van der Waals surface area contributed by atoms with E-state index >= 15 is 0 Å². The van der Waals surface area contributed by atoms with Crippen LogP contribution in [-0.2, 0) is 6.54 Å². The first-order valence-electron chi connectivity index (χ1n) is 7.23. The molecule has 1 aromatic carbocycles. The van der Waals surface area contributed by atoms with Crippen LogP contribution in [-0.4, -0.2) is 12.2 Å². The van der Waals surface area contributed by atoms with Crippen LogP contribution in [0.25, 0.3) is 0 Å². The first kappa shape index (κ1) is 15.4. The fourth-order valence-corrected chi connectivity index (χ4v) is 3.05. The lowest BCUT2D eigenvalue weighted by atomic mass is 9.85. The van der Waals surface area contributed by atoms with E-state index in [-0.39, 0.29) is 18.9 Å². The second kappa shape index (κ2) is 6.17. The molecule has 2 rings (SSSR count). The lowest BCUT2D eigenvalue weighted by Crippen LogP contribution is -2.38. The van der Waals surface area contributed by atoms with Gasteiger partial charge in [0.05, 0.1) is 5.92 Å². The highest BCUT2D eigenvalue weighted by Gasteiger charge is 2.41. The average molecular weight is 285 g/mol. The molecule has 112 valence electrons. The van der Waals surface area contributed by atoms with Crippen molar-refractivity contribution in [3.8, 4) is 0 Å². The smallest absolute Gasteiger partial charge is 0.310 e. The Bertz CT molecular complexity index is 433. The highest BCUT2D eigenvalue weighted by Crippen LogP contribution is 2.37. The number of nitrogens with one attached hydrogen (secondary N) is 1. The Labute approximate surface area is 118 Å². The van der Waals surface area contributed by atoms with Crippen LogP contribution in [0.15, 0.2) is 18.2 Å². The lowest BCUT2D eigenvalue weighted by Gasteiger charge is -2.31. The Morgan fingerprint density at radius 3 is 2.40 bits per heavy atom. The van der Waals surface area contributed by atoms with Crippen molar-refractivity contribution < 1.29 is 13.2 Å². The zero-order valence-corrected chi connectivity index (χ0v) is 12.1. The maximum absolute atomic E-state index is 12.8. The van der Waals surface area contributed by atoms with Gasteiger partial charge in [0.1, 0.15) is 0 Å². The number of hydrogen-bond acceptors (Lipinski definition) is 1. The van der Waals surface area contributed by atoms with Crippen LogP contribution in [0.3, 0.4) is 0 Å². The van der Waals surface area contributed by atoms with Crippen LogP contribution >= 0.6 is 0 Å². The number of rotatable bonds is 3. The van der Waals surface area contributed by atoms with Crippen molar-refractivity contribution >= 4 is 0 Å². The van der Waals surface area contributed by atoms with E-state index in [4.69, 9.17) is 0 Å². The first-order chi connectivity index (χ1) is 9.38. The molecule has 4 heteroatoms. The lowest BCUT2D eigenvalue weighted by molar-refractivity contribution is -0.183. The molecule has 1 N–H and O–H groups in total. The minimum Gasteiger partial charge on any atom is -0.310 e. The number of halogens is 3. The summed E-state index contributed by atoms with van der Waals surface area (Å²) >= 11 is 0. The van der Waals surface area contributed by atoms with Crippen molar-refractivity contribution in [2.24, 2.45) is 5.92 Å². The fraction of sp³-hybridized carbons (Fsp3) is 0.625. The molecule has 1 aliphatic carbocycles. The van der Waals surface area contributed by atoms with Gasteiger partial charge in [0.25, 0.3) is 0 Å². The third kappa shape index (κ3) is 3.75. The molecular formula is C16H22F3N. The molecule has 1 aromatic rings. The maximum atomic E-state index is 12.8. The summed E-state index contributed by atoms with van der Waals surface area (Å²) in [7, 11) is 0. The normalized spacial score (nSPS) is 23.9. The van der Waals surface area contributed by atoms with Gasteiger partial charge in [-0.2, -0.15) is 13.2 Å². The van der Waals surface area contributed by atoms with Crippen molar-refractivity contribution in [3.63, 3.8) is 0 Å². The SMILES string of the molecule is Cc1cccc(C)c1CNC1CCCC(C(F)(F)F)C1. The summed E-state index contributed by atoms with van der Waals surface area (Å²) in [5.41, 5.74) is 3.60. The van der Waals surface area contributed by atoms with Gasteiger partial charge in [0.2, 0.25) is 0 Å². The van der Waals surface area contributed by atoms with Gasteiger partial charge >= 0.3 is 6.18 Å². The van der Waals surface area contributed by atoms with Crippen molar-refractivity contribution in [2.75, 3.05) is 0 Å². The van der Waals surface area contributed by atoms with Crippen LogP contribution in [0.2, 0.25) is 0 Å². The Balaban J connectivity index is 1.94. The Hall–Kier alpha value is -1.03. The van der Waals surface area contributed by atoms with Gasteiger partial charge < -0.3 is 5.32 Å². The van der Waals surface area contributed by atoms with Gasteiger partial charge in [-0.3, -0.25) is 0 Å². The summed E-state index contributed by atoms with van der Waals surface area (Å²) < 4.78 is 38.3. The van der Waals surface area contributed by atoms with Crippen molar-refractivity contribution in [3.05, 3.63) is 34.9 Å². The quantitative estimate of drug-likeness (QED) is 0.861. The van der Waals surface area contributed by atoms with E-state index in [0.717, 1.165) is 6.42 Å². The van der Waals surface area contributed by atoms with Gasteiger partial charge in [-0.15, -0.1) is 0 Å². The zero-order valence-electron chi connectivity index (χ0n) is 12.1. The monoisotopic (exact) mass is 285 g/mol. The van der Waals surface area contributed by atoms with Gasteiger partial charge in [0.15, 0.2) is 0 Å². The van der Waals surface area contributed by atoms with Gasteiger partial charge in [0, 0.05) is 12.6 Å². The minimum atomic E-state index is -4.04. The molecule has 0 radical (unpaired) electrons. The van der Waals surface area contributed by atoms with Crippen LogP contribution in [0.1, 0.15) is 42.4 Å². The molecule has 2 unspecified atom stereocenters. The number of alkyl halides is 3. The summed E-state index contributed by atoms with van der Waals surface area (Å²) in [6.07, 6.45) is -2.04. The van der Waals surface area contributed by atoms with Crippen molar-refractivity contribution in [1.82, 2.24) is 5.32 Å². The highest BCUT2D eigenvalue weighted by molar-refractivity contribution is 5.33. The van der Waals surface area contributed by atoms with Crippen LogP contribution in [0.4, 0.5) is 13.2 Å². The van der Waals surface area contributed by atoms with Gasteiger partial charge in [-0.1, -0.05) is 24.6 Å². The summed E-state index contributed by atoms with van der Waals surface area (Å²) in [5.74, 6) is -1.13. The highest BCUT2D eigenvalue weighted by atomic mass is 19.4. The average Bonchev–Trinajstić information content (AvgIpc) is 2.37. The predicted molar refractivity (Wildman–Crippen MR) is 74.6 cm³/mol. The second-order valence-corrected chi connectivity index (χ2v) is 5.85. The molecule has 0 heterocycles. The largest absolute Gasteiger partial charge is 0.391 e. The number of hydrogen-bond donors (Lipinski definition) is 1. The summed E-state index contributed by atoms with van der Waals surface area (Å²) in [5, 5.41) is 3.32. The molecule has 1 fully saturated rings. The van der Waals surface area contributed by atoms with Crippen LogP contribution in [0, 0.1) is 19.8 Å². The molecule has 0 amide bonds. The minimum absolute atomic E-state index is 0.0191. The van der Waals surface area contributed by atoms with Gasteiger partial charge in [-0.25, -0.2) is 0 Å². The molecule has 0 saturated heterocycles. The number of aryl methyl sites for hydroxylation is 2. The molecule has 1 saturated carbocycles. The molecule has 20 heavy (non-hydrogen) atoms. The van der Waals surface area contributed by atoms with Crippen LogP contribution < -0.4 is 5.32 Å². The molecule has 0 spiro atoms. The van der Waals surface area contributed by atoms with Crippen molar-refractivity contribution in [1.29, 1.82) is 0 Å². The summed E-state index contributed by atoms with van der Waals surface area (Å²) in [4.78, 5) is 0. The summed E-state index contributed by atoms with van der Waals surface area (Å²) in [6.45, 7) is 4.75. The number of benzene rings is 1. The Morgan fingerprint density at radius 2 is 1.80 bits per heavy atom. The predicted octanol–water partition coefficient (Wildman–Crippen LogP) is 4.51. The third-order valence-corrected chi connectivity index (χ3v) is 4.35. The third-order valence-electron chi connectivity index (χ3n) is 4.35. The van der Waals surface area contributed by atoms with E-state index in [9.17, 15) is 13.2 Å². The van der Waals surface area contributed by atoms with E-state index in [1.54, 1.807) is 0 Å². The Morgan fingerprint density at radius 1 is 1.15 bits per heavy atom. The molecule has 1 aliphatic rings. The molecule has 0 aromatic heterocycles. The summed E-state index contributed by atoms with van der Waals surface area (Å²) in [6, 6.07) is 6.08. The van der Waals surface area contributed by atoms with Crippen molar-refractivity contribution in [2.45, 2.75) is 58.3 Å². The molecule has 0 aliphatic heterocycles. The fourth-order valence-electron chi connectivity index (χ4n) is 3.05.